The summed E-state index contributed by atoms with van der Waals surface area (Å²) in [4.78, 5) is 0. The summed E-state index contributed by atoms with van der Waals surface area (Å²) in [5.74, 6) is 6.29. The van der Waals surface area contributed by atoms with Crippen LogP contribution in [0, 0.1) is 5.92 Å². The molecule has 3 unspecified atom stereocenters. The molecule has 1 fully saturated rings. The summed E-state index contributed by atoms with van der Waals surface area (Å²) in [6.07, 6.45) is 8.79. The van der Waals surface area contributed by atoms with Crippen molar-refractivity contribution < 1.29 is 4.74 Å². The fraction of sp³-hybridized carbons (Fsp3) is 0.833. The number of rotatable bonds is 3. The fourth-order valence-electron chi connectivity index (χ4n) is 2.70. The zero-order valence-corrected chi connectivity index (χ0v) is 9.54. The Bertz CT molecular complexity index is 240. The smallest absolute Gasteiger partial charge is 0.0805 e. The number of hydrogen-bond acceptors (Lipinski definition) is 3. The van der Waals surface area contributed by atoms with E-state index in [1.54, 1.807) is 0 Å². The first kappa shape index (κ1) is 11.1. The van der Waals surface area contributed by atoms with Crippen LogP contribution < -0.4 is 11.3 Å². The summed E-state index contributed by atoms with van der Waals surface area (Å²) in [6.45, 7) is 3.14. The molecule has 2 aliphatic rings. The Morgan fingerprint density at radius 2 is 2.40 bits per heavy atom. The molecule has 1 saturated heterocycles. The van der Waals surface area contributed by atoms with Crippen LogP contribution in [0.2, 0.25) is 0 Å². The molecule has 2 rings (SSSR count). The first-order valence-corrected chi connectivity index (χ1v) is 6.09. The monoisotopic (exact) mass is 210 g/mol. The van der Waals surface area contributed by atoms with Gasteiger partial charge in [0.05, 0.1) is 12.1 Å². The van der Waals surface area contributed by atoms with Gasteiger partial charge in [-0.25, -0.2) is 0 Å². The number of hydrazine groups is 1. The number of allylic oxidation sites excluding steroid dienone is 1. The van der Waals surface area contributed by atoms with E-state index in [0.717, 1.165) is 13.0 Å². The van der Waals surface area contributed by atoms with E-state index in [1.165, 1.54) is 31.3 Å². The molecule has 0 aromatic rings. The maximum absolute atomic E-state index is 5.79. The molecule has 1 aliphatic heterocycles. The topological polar surface area (TPSA) is 47.3 Å². The van der Waals surface area contributed by atoms with Crippen molar-refractivity contribution in [2.24, 2.45) is 11.8 Å². The first-order valence-electron chi connectivity index (χ1n) is 6.09. The minimum Gasteiger partial charge on any atom is -0.376 e. The lowest BCUT2D eigenvalue weighted by molar-refractivity contribution is 0.0699. The van der Waals surface area contributed by atoms with Gasteiger partial charge in [-0.3, -0.25) is 11.3 Å². The minimum atomic E-state index is 0.239. The van der Waals surface area contributed by atoms with Gasteiger partial charge < -0.3 is 4.74 Å². The molecule has 3 atom stereocenters. The molecule has 0 spiro atoms. The van der Waals surface area contributed by atoms with E-state index in [2.05, 4.69) is 18.4 Å². The zero-order valence-electron chi connectivity index (χ0n) is 9.54. The van der Waals surface area contributed by atoms with E-state index >= 15 is 0 Å². The summed E-state index contributed by atoms with van der Waals surface area (Å²) in [7, 11) is 0. The van der Waals surface area contributed by atoms with Gasteiger partial charge in [-0.15, -0.1) is 0 Å². The van der Waals surface area contributed by atoms with Gasteiger partial charge in [-0.05, 0) is 38.0 Å². The summed E-state index contributed by atoms with van der Waals surface area (Å²) in [5.41, 5.74) is 4.41. The van der Waals surface area contributed by atoms with Crippen LogP contribution in [0.4, 0.5) is 0 Å². The second-order valence-electron chi connectivity index (χ2n) is 4.77. The minimum absolute atomic E-state index is 0.239. The van der Waals surface area contributed by atoms with Crippen LogP contribution in [0.5, 0.6) is 0 Å². The molecule has 86 valence electrons. The third kappa shape index (κ3) is 2.41. The predicted octanol–water partition coefficient (Wildman–Crippen LogP) is 1.74. The molecule has 3 nitrogen and oxygen atoms in total. The Kier molecular flexibility index (Phi) is 3.78. The Balaban J connectivity index is 2.05. The van der Waals surface area contributed by atoms with E-state index in [0.29, 0.717) is 5.92 Å². The molecule has 1 aliphatic carbocycles. The van der Waals surface area contributed by atoms with Crippen LogP contribution in [0.1, 0.15) is 39.0 Å². The van der Waals surface area contributed by atoms with Crippen LogP contribution in [-0.4, -0.2) is 18.8 Å². The quantitative estimate of drug-likeness (QED) is 0.424. The predicted molar refractivity (Wildman–Crippen MR) is 61.2 cm³/mol. The SMILES string of the molecule is CC1CCOC1C(NN)C1=CCCCC1. The largest absolute Gasteiger partial charge is 0.376 e. The van der Waals surface area contributed by atoms with Crippen molar-refractivity contribution in [3.63, 3.8) is 0 Å². The van der Waals surface area contributed by atoms with Gasteiger partial charge >= 0.3 is 0 Å². The standard InChI is InChI=1S/C12H22N2O/c1-9-7-8-15-12(9)11(14-13)10-5-3-2-4-6-10/h5,9,11-12,14H,2-4,6-8,13H2,1H3. The average molecular weight is 210 g/mol. The summed E-state index contributed by atoms with van der Waals surface area (Å²) < 4.78 is 5.79. The third-order valence-corrected chi connectivity index (χ3v) is 3.68. The summed E-state index contributed by atoms with van der Waals surface area (Å²) in [5, 5.41) is 0. The molecule has 15 heavy (non-hydrogen) atoms. The highest BCUT2D eigenvalue weighted by Crippen LogP contribution is 2.29. The number of hydrogen-bond donors (Lipinski definition) is 2. The van der Waals surface area contributed by atoms with E-state index in [-0.39, 0.29) is 12.1 Å². The molecule has 1 heterocycles. The van der Waals surface area contributed by atoms with Crippen LogP contribution >= 0.6 is 0 Å². The van der Waals surface area contributed by atoms with Crippen molar-refractivity contribution in [2.45, 2.75) is 51.2 Å². The van der Waals surface area contributed by atoms with Crippen LogP contribution in [-0.2, 0) is 4.74 Å². The van der Waals surface area contributed by atoms with Gasteiger partial charge in [0, 0.05) is 6.61 Å². The molecule has 0 saturated carbocycles. The molecule has 0 aromatic heterocycles. The van der Waals surface area contributed by atoms with Crippen molar-refractivity contribution in [1.82, 2.24) is 5.43 Å². The zero-order chi connectivity index (χ0) is 10.7. The maximum Gasteiger partial charge on any atom is 0.0805 e. The highest BCUT2D eigenvalue weighted by atomic mass is 16.5. The first-order chi connectivity index (χ1) is 7.33. The van der Waals surface area contributed by atoms with Crippen molar-refractivity contribution >= 4 is 0 Å². The lowest BCUT2D eigenvalue weighted by atomic mass is 9.87. The van der Waals surface area contributed by atoms with Crippen LogP contribution in [0.3, 0.4) is 0 Å². The van der Waals surface area contributed by atoms with Gasteiger partial charge in [0.15, 0.2) is 0 Å². The molecular weight excluding hydrogens is 188 g/mol. The molecular formula is C12H22N2O. The maximum atomic E-state index is 5.79. The summed E-state index contributed by atoms with van der Waals surface area (Å²) >= 11 is 0. The van der Waals surface area contributed by atoms with Gasteiger partial charge in [0.2, 0.25) is 0 Å². The highest BCUT2D eigenvalue weighted by Gasteiger charge is 2.33. The number of ether oxygens (including phenoxy) is 1. The van der Waals surface area contributed by atoms with Crippen LogP contribution in [0.15, 0.2) is 11.6 Å². The van der Waals surface area contributed by atoms with Crippen molar-refractivity contribution in [1.29, 1.82) is 0 Å². The molecule has 0 aromatic carbocycles. The Morgan fingerprint density at radius 1 is 1.53 bits per heavy atom. The lowest BCUT2D eigenvalue weighted by Gasteiger charge is -2.29. The van der Waals surface area contributed by atoms with Crippen molar-refractivity contribution in [3.8, 4) is 0 Å². The van der Waals surface area contributed by atoms with E-state index in [9.17, 15) is 0 Å². The average Bonchev–Trinajstić information content (AvgIpc) is 2.68. The van der Waals surface area contributed by atoms with E-state index < -0.39 is 0 Å². The highest BCUT2D eigenvalue weighted by molar-refractivity contribution is 5.16. The third-order valence-electron chi connectivity index (χ3n) is 3.68. The molecule has 3 heteroatoms. The van der Waals surface area contributed by atoms with Crippen molar-refractivity contribution in [2.75, 3.05) is 6.61 Å². The molecule has 3 N–H and O–H groups in total. The fourth-order valence-corrected chi connectivity index (χ4v) is 2.70. The Hall–Kier alpha value is -0.380. The van der Waals surface area contributed by atoms with Gasteiger partial charge in [0.1, 0.15) is 0 Å². The molecule has 0 bridgehead atoms. The van der Waals surface area contributed by atoms with Crippen LogP contribution in [0.25, 0.3) is 0 Å². The lowest BCUT2D eigenvalue weighted by Crippen LogP contribution is -2.47. The van der Waals surface area contributed by atoms with Crippen molar-refractivity contribution in [3.05, 3.63) is 11.6 Å². The normalized spacial score (nSPS) is 33.9. The molecule has 0 amide bonds. The summed E-state index contributed by atoms with van der Waals surface area (Å²) in [6, 6.07) is 0.239. The molecule has 0 radical (unpaired) electrons. The van der Waals surface area contributed by atoms with Gasteiger partial charge in [-0.1, -0.05) is 18.6 Å². The Morgan fingerprint density at radius 3 is 2.93 bits per heavy atom. The van der Waals surface area contributed by atoms with Gasteiger partial charge in [0.25, 0.3) is 0 Å². The van der Waals surface area contributed by atoms with E-state index in [1.807, 2.05) is 0 Å². The second-order valence-corrected chi connectivity index (χ2v) is 4.77. The van der Waals surface area contributed by atoms with Gasteiger partial charge in [-0.2, -0.15) is 0 Å². The Labute approximate surface area is 92.0 Å². The number of nitrogens with one attached hydrogen (secondary N) is 1. The number of nitrogens with two attached hydrogens (primary N) is 1. The second kappa shape index (κ2) is 5.10. The van der Waals surface area contributed by atoms with E-state index in [4.69, 9.17) is 10.6 Å².